The molecule has 0 aliphatic carbocycles. The van der Waals surface area contributed by atoms with Gasteiger partial charge in [-0.3, -0.25) is 0 Å². The molecule has 3 nitrogen and oxygen atoms in total. The summed E-state index contributed by atoms with van der Waals surface area (Å²) >= 11 is 0. The van der Waals surface area contributed by atoms with Crippen molar-refractivity contribution in [2.24, 2.45) is 0 Å². The number of rotatable bonds is 2. The fourth-order valence-corrected chi connectivity index (χ4v) is 0.877. The summed E-state index contributed by atoms with van der Waals surface area (Å²) in [5.74, 6) is 0.914. The molecular weight excluding hydrogens is 150 g/mol. The summed E-state index contributed by atoms with van der Waals surface area (Å²) in [7, 11) is 3.87. The molecule has 0 aliphatic rings. The molecule has 62 valence electrons. The minimum Gasteiger partial charge on any atom is -0.363 e. The molecule has 0 bridgehead atoms. The fourth-order valence-electron chi connectivity index (χ4n) is 0.877. The lowest BCUT2D eigenvalue weighted by Crippen LogP contribution is -2.10. The van der Waals surface area contributed by atoms with Gasteiger partial charge in [0.1, 0.15) is 5.82 Å². The fraction of sp³-hybridized carbons (Fsp3) is 0.333. The summed E-state index contributed by atoms with van der Waals surface area (Å²) in [6.07, 6.45) is 2.17. The van der Waals surface area contributed by atoms with Crippen LogP contribution in [0.5, 0.6) is 0 Å². The third-order valence-corrected chi connectivity index (χ3v) is 1.55. The number of hydrogen-bond donors (Lipinski definition) is 0. The van der Waals surface area contributed by atoms with E-state index in [4.69, 9.17) is 5.26 Å². The van der Waals surface area contributed by atoms with E-state index in [1.54, 1.807) is 6.20 Å². The Labute approximate surface area is 72.3 Å². The van der Waals surface area contributed by atoms with Gasteiger partial charge in [-0.2, -0.15) is 5.26 Å². The van der Waals surface area contributed by atoms with Gasteiger partial charge in [-0.25, -0.2) is 4.98 Å². The van der Waals surface area contributed by atoms with E-state index in [1.165, 1.54) is 0 Å². The van der Waals surface area contributed by atoms with Crippen LogP contribution in [-0.4, -0.2) is 19.1 Å². The SMILES string of the molecule is CN(C)c1ccc(CC#N)cn1. The first-order valence-electron chi connectivity index (χ1n) is 3.73. The summed E-state index contributed by atoms with van der Waals surface area (Å²) in [4.78, 5) is 6.10. The highest BCUT2D eigenvalue weighted by atomic mass is 15.1. The molecule has 1 heterocycles. The third kappa shape index (κ3) is 1.96. The summed E-state index contributed by atoms with van der Waals surface area (Å²) in [6, 6.07) is 5.91. The topological polar surface area (TPSA) is 39.9 Å². The average Bonchev–Trinajstić information content (AvgIpc) is 2.06. The van der Waals surface area contributed by atoms with E-state index in [0.29, 0.717) is 6.42 Å². The number of nitriles is 1. The molecule has 0 saturated carbocycles. The number of nitrogens with zero attached hydrogens (tertiary/aromatic N) is 3. The highest BCUT2D eigenvalue weighted by Gasteiger charge is 1.96. The van der Waals surface area contributed by atoms with E-state index in [-0.39, 0.29) is 0 Å². The maximum absolute atomic E-state index is 8.41. The molecule has 0 amide bonds. The first-order valence-corrected chi connectivity index (χ1v) is 3.73. The van der Waals surface area contributed by atoms with Crippen LogP contribution in [0.4, 0.5) is 5.82 Å². The maximum atomic E-state index is 8.41. The monoisotopic (exact) mass is 161 g/mol. The van der Waals surface area contributed by atoms with Gasteiger partial charge >= 0.3 is 0 Å². The Kier molecular flexibility index (Phi) is 2.65. The Hall–Kier alpha value is -1.56. The minimum atomic E-state index is 0.431. The van der Waals surface area contributed by atoms with Gasteiger partial charge in [0.15, 0.2) is 0 Å². The predicted octanol–water partition coefficient (Wildman–Crippen LogP) is 1.21. The van der Waals surface area contributed by atoms with Crippen LogP contribution in [0.2, 0.25) is 0 Å². The normalized spacial score (nSPS) is 9.08. The van der Waals surface area contributed by atoms with Gasteiger partial charge in [-0.15, -0.1) is 0 Å². The standard InChI is InChI=1S/C9H11N3/c1-12(2)9-4-3-8(5-6-10)7-11-9/h3-4,7H,5H2,1-2H3. The van der Waals surface area contributed by atoms with Gasteiger partial charge in [-0.05, 0) is 11.6 Å². The molecule has 1 aromatic heterocycles. The number of pyridine rings is 1. The molecule has 0 saturated heterocycles. The molecular formula is C9H11N3. The second-order valence-corrected chi connectivity index (χ2v) is 2.75. The number of aromatic nitrogens is 1. The summed E-state index contributed by atoms with van der Waals surface area (Å²) in [5, 5.41) is 8.41. The number of hydrogen-bond acceptors (Lipinski definition) is 3. The summed E-state index contributed by atoms with van der Waals surface area (Å²) in [6.45, 7) is 0. The van der Waals surface area contributed by atoms with Crippen molar-refractivity contribution in [3.63, 3.8) is 0 Å². The molecule has 0 spiro atoms. The van der Waals surface area contributed by atoms with Gasteiger partial charge in [0.25, 0.3) is 0 Å². The predicted molar refractivity (Wildman–Crippen MR) is 47.9 cm³/mol. The van der Waals surface area contributed by atoms with Crippen LogP contribution in [0.15, 0.2) is 18.3 Å². The second kappa shape index (κ2) is 3.72. The van der Waals surface area contributed by atoms with Gasteiger partial charge in [0.2, 0.25) is 0 Å². The van der Waals surface area contributed by atoms with Crippen LogP contribution in [0.25, 0.3) is 0 Å². The Morgan fingerprint density at radius 3 is 2.67 bits per heavy atom. The van der Waals surface area contributed by atoms with Gasteiger partial charge in [-0.1, -0.05) is 6.07 Å². The van der Waals surface area contributed by atoms with E-state index < -0.39 is 0 Å². The quantitative estimate of drug-likeness (QED) is 0.654. The Morgan fingerprint density at radius 2 is 2.25 bits per heavy atom. The van der Waals surface area contributed by atoms with E-state index in [2.05, 4.69) is 11.1 Å². The molecule has 12 heavy (non-hydrogen) atoms. The van der Waals surface area contributed by atoms with Crippen molar-refractivity contribution in [1.29, 1.82) is 5.26 Å². The molecule has 3 heteroatoms. The highest BCUT2D eigenvalue weighted by Crippen LogP contribution is 2.07. The first-order chi connectivity index (χ1) is 5.74. The van der Waals surface area contributed by atoms with Crippen molar-refractivity contribution < 1.29 is 0 Å². The summed E-state index contributed by atoms with van der Waals surface area (Å²) < 4.78 is 0. The van der Waals surface area contributed by atoms with Crippen LogP contribution in [-0.2, 0) is 6.42 Å². The van der Waals surface area contributed by atoms with Crippen LogP contribution in [0.3, 0.4) is 0 Å². The zero-order valence-electron chi connectivity index (χ0n) is 7.28. The van der Waals surface area contributed by atoms with E-state index >= 15 is 0 Å². The van der Waals surface area contributed by atoms with Gasteiger partial charge in [0, 0.05) is 20.3 Å². The molecule has 0 fully saturated rings. The summed E-state index contributed by atoms with van der Waals surface area (Å²) in [5.41, 5.74) is 0.961. The van der Waals surface area contributed by atoms with Crippen molar-refractivity contribution in [1.82, 2.24) is 4.98 Å². The zero-order valence-corrected chi connectivity index (χ0v) is 7.28. The Balaban J connectivity index is 2.80. The van der Waals surface area contributed by atoms with Crippen molar-refractivity contribution in [2.45, 2.75) is 6.42 Å². The smallest absolute Gasteiger partial charge is 0.127 e. The van der Waals surface area contributed by atoms with Crippen molar-refractivity contribution in [3.05, 3.63) is 23.9 Å². The van der Waals surface area contributed by atoms with E-state index in [0.717, 1.165) is 11.4 Å². The molecule has 1 rings (SSSR count). The van der Waals surface area contributed by atoms with Gasteiger partial charge in [0.05, 0.1) is 12.5 Å². The van der Waals surface area contributed by atoms with E-state index in [9.17, 15) is 0 Å². The largest absolute Gasteiger partial charge is 0.363 e. The lowest BCUT2D eigenvalue weighted by molar-refractivity contribution is 1.05. The molecule has 1 aromatic rings. The average molecular weight is 161 g/mol. The molecule has 0 N–H and O–H groups in total. The van der Waals surface area contributed by atoms with E-state index in [1.807, 2.05) is 31.1 Å². The molecule has 0 radical (unpaired) electrons. The Bertz CT molecular complexity index is 282. The van der Waals surface area contributed by atoms with Crippen molar-refractivity contribution in [3.8, 4) is 6.07 Å². The molecule has 0 unspecified atom stereocenters. The third-order valence-electron chi connectivity index (χ3n) is 1.55. The lowest BCUT2D eigenvalue weighted by Gasteiger charge is -2.10. The van der Waals surface area contributed by atoms with Crippen LogP contribution >= 0.6 is 0 Å². The Morgan fingerprint density at radius 1 is 1.50 bits per heavy atom. The number of anilines is 1. The highest BCUT2D eigenvalue weighted by molar-refractivity contribution is 5.37. The van der Waals surface area contributed by atoms with Crippen LogP contribution in [0.1, 0.15) is 5.56 Å². The molecule has 0 aromatic carbocycles. The van der Waals surface area contributed by atoms with Gasteiger partial charge < -0.3 is 4.90 Å². The molecule has 0 aliphatic heterocycles. The molecule has 0 atom stereocenters. The zero-order chi connectivity index (χ0) is 8.97. The maximum Gasteiger partial charge on any atom is 0.127 e. The van der Waals surface area contributed by atoms with Crippen LogP contribution in [0, 0.1) is 11.3 Å². The van der Waals surface area contributed by atoms with Crippen molar-refractivity contribution in [2.75, 3.05) is 19.0 Å². The lowest BCUT2D eigenvalue weighted by atomic mass is 10.2. The first kappa shape index (κ1) is 8.54. The van der Waals surface area contributed by atoms with Crippen molar-refractivity contribution >= 4 is 5.82 Å². The second-order valence-electron chi connectivity index (χ2n) is 2.75. The minimum absolute atomic E-state index is 0.431. The van der Waals surface area contributed by atoms with Crippen LogP contribution < -0.4 is 4.90 Å².